The van der Waals surface area contributed by atoms with Crippen LogP contribution in [0.1, 0.15) is 38.8 Å². The first-order valence-corrected chi connectivity index (χ1v) is 32.3. The SMILES string of the molecule is CNCCN(c1cc(OC)cc(OC)c1)c1ccc2ncc(-c3cn[nH]c3)nc2c1.COc1cc(OC)cc(N(C/C(C)=N/O)c2ccc3ncc(-c4cnn(C)c4)nc3c2)c1.COc1cc(OC)cc(N(CCCCl)c2ccc3ncc(-c4cnn(C5CCCCO5)c4)nc3c2)c1. The van der Waals surface area contributed by atoms with Crippen LogP contribution in [0.25, 0.3) is 66.9 Å². The van der Waals surface area contributed by atoms with Crippen molar-refractivity contribution in [3.8, 4) is 68.3 Å². The molecule has 6 aromatic heterocycles. The molecular weight excluding hydrogens is 1270 g/mol. The van der Waals surface area contributed by atoms with Crippen molar-refractivity contribution in [1.29, 1.82) is 0 Å². The van der Waals surface area contributed by atoms with E-state index in [1.165, 1.54) is 0 Å². The number of fused-ring (bicyclic) bond motifs is 3. The molecule has 98 heavy (non-hydrogen) atoms. The van der Waals surface area contributed by atoms with Crippen LogP contribution < -0.4 is 48.4 Å². The first-order chi connectivity index (χ1) is 47.9. The zero-order chi connectivity index (χ0) is 68.5. The molecule has 7 heterocycles. The Morgan fingerprint density at radius 2 is 1.02 bits per heavy atom. The summed E-state index contributed by atoms with van der Waals surface area (Å²) in [5.41, 5.74) is 15.9. The summed E-state index contributed by atoms with van der Waals surface area (Å²) in [7, 11) is 13.6. The van der Waals surface area contributed by atoms with Gasteiger partial charge in [-0.1, -0.05) is 5.16 Å². The van der Waals surface area contributed by atoms with E-state index in [-0.39, 0.29) is 6.23 Å². The third kappa shape index (κ3) is 16.6. The number of aryl methyl sites for hydroxylation is 1. The number of methoxy groups -OCH3 is 6. The van der Waals surface area contributed by atoms with Crippen LogP contribution in [0.3, 0.4) is 0 Å². The molecule has 0 spiro atoms. The summed E-state index contributed by atoms with van der Waals surface area (Å²) in [5, 5.41) is 31.4. The number of nitrogens with one attached hydrogen (secondary N) is 2. The zero-order valence-corrected chi connectivity index (χ0v) is 56.9. The predicted molar refractivity (Wildman–Crippen MR) is 382 cm³/mol. The largest absolute Gasteiger partial charge is 0.497 e. The van der Waals surface area contributed by atoms with Gasteiger partial charge in [0.15, 0.2) is 0 Å². The minimum absolute atomic E-state index is 0.0112. The fourth-order valence-electron chi connectivity index (χ4n) is 11.1. The second-order valence-corrected chi connectivity index (χ2v) is 23.2. The van der Waals surface area contributed by atoms with Gasteiger partial charge in [-0.15, -0.1) is 11.6 Å². The van der Waals surface area contributed by atoms with Gasteiger partial charge in [0.2, 0.25) is 0 Å². The molecule has 25 nitrogen and oxygen atoms in total. The number of anilines is 6. The summed E-state index contributed by atoms with van der Waals surface area (Å²) in [6.07, 6.45) is 20.3. The molecule has 13 rings (SSSR count). The number of rotatable bonds is 24. The van der Waals surface area contributed by atoms with Crippen molar-refractivity contribution in [3.63, 3.8) is 0 Å². The van der Waals surface area contributed by atoms with Crippen molar-refractivity contribution in [2.24, 2.45) is 12.2 Å². The molecule has 0 saturated carbocycles. The number of halogens is 1. The lowest BCUT2D eigenvalue weighted by Crippen LogP contribution is -2.26. The van der Waals surface area contributed by atoms with Crippen LogP contribution in [-0.2, 0) is 11.8 Å². The number of aromatic nitrogens is 12. The number of benzene rings is 6. The summed E-state index contributed by atoms with van der Waals surface area (Å²) in [5.74, 6) is 4.79. The number of nitrogens with zero attached hydrogens (tertiary/aromatic N) is 15. The van der Waals surface area contributed by atoms with Crippen LogP contribution in [0.4, 0.5) is 34.1 Å². The Morgan fingerprint density at radius 1 is 0.561 bits per heavy atom. The molecule has 1 aliphatic heterocycles. The molecule has 1 fully saturated rings. The van der Waals surface area contributed by atoms with Crippen molar-refractivity contribution in [2.75, 3.05) is 103 Å². The summed E-state index contributed by atoms with van der Waals surface area (Å²) < 4.78 is 42.3. The van der Waals surface area contributed by atoms with E-state index in [0.717, 1.165) is 176 Å². The lowest BCUT2D eigenvalue weighted by molar-refractivity contribution is -0.0394. The average Bonchev–Trinajstić information content (AvgIpc) is 1.14. The smallest absolute Gasteiger partial charge is 0.150 e. The van der Waals surface area contributed by atoms with Crippen molar-refractivity contribution >= 4 is 84.5 Å². The summed E-state index contributed by atoms with van der Waals surface area (Å²) >= 11 is 6.06. The number of hydrogen-bond acceptors (Lipinski definition) is 22. The Labute approximate surface area is 572 Å². The highest BCUT2D eigenvalue weighted by molar-refractivity contribution is 6.17. The van der Waals surface area contributed by atoms with Gasteiger partial charge in [0, 0.05) is 163 Å². The van der Waals surface area contributed by atoms with Gasteiger partial charge < -0.3 is 58.4 Å². The Balaban J connectivity index is 0.000000149. The molecule has 1 atom stereocenters. The quantitative estimate of drug-likeness (QED) is 0.0220. The minimum Gasteiger partial charge on any atom is -0.497 e. The molecule has 12 aromatic rings. The predicted octanol–water partition coefficient (Wildman–Crippen LogP) is 13.4. The van der Waals surface area contributed by atoms with Crippen LogP contribution in [0.15, 0.2) is 170 Å². The van der Waals surface area contributed by atoms with E-state index < -0.39 is 0 Å². The zero-order valence-electron chi connectivity index (χ0n) is 56.1. The molecule has 1 aliphatic rings. The van der Waals surface area contributed by atoms with E-state index in [1.807, 2.05) is 127 Å². The standard InChI is InChI=1S/C27H30ClN5O3.C23H24N6O3.C22H24N6O2/c1-34-22-12-21(13-23(15-22)35-2)32(10-5-9-28)20-7-8-24-25(14-20)31-26(17-29-24)19-16-30-33(18-19)27-6-3-4-11-36-27;1-15(27-30)13-29(18-7-19(31-3)10-20(8-18)32-4)17-5-6-21-22(9-17)26-23(12-24-21)16-11-25-28(2)14-16;1-23-6-7-28(17-8-18(29-2)11-19(9-17)30-3)16-4-5-20-21(10-16)27-22(14-24-20)15-12-25-26-13-15/h7-8,12-18,27H,3-6,9-11H2,1-2H3;5-12,14,30H,13H2,1-4H3;4-5,8-14,23H,6-7H2,1-3H3,(H,25,26)/b;27-15+;. The topological polar surface area (TPSA) is 261 Å². The third-order valence-corrected chi connectivity index (χ3v) is 16.5. The lowest BCUT2D eigenvalue weighted by atomic mass is 10.1. The molecule has 6 aromatic carbocycles. The van der Waals surface area contributed by atoms with E-state index in [1.54, 1.807) is 97.5 Å². The van der Waals surface area contributed by atoms with Crippen LogP contribution in [0.5, 0.6) is 34.5 Å². The Kier molecular flexibility index (Phi) is 22.6. The maximum atomic E-state index is 9.30. The van der Waals surface area contributed by atoms with Crippen LogP contribution in [-0.4, -0.2) is 159 Å². The molecule has 0 bridgehead atoms. The third-order valence-electron chi connectivity index (χ3n) is 16.3. The van der Waals surface area contributed by atoms with Gasteiger partial charge in [-0.3, -0.25) is 24.7 Å². The fraction of sp³-hybridized carbons (Fsp3) is 0.278. The van der Waals surface area contributed by atoms with Crippen LogP contribution in [0.2, 0.25) is 0 Å². The van der Waals surface area contributed by atoms with Gasteiger partial charge in [-0.2, -0.15) is 15.3 Å². The number of aromatic amines is 1. The monoisotopic (exact) mass is 1340 g/mol. The highest BCUT2D eigenvalue weighted by Gasteiger charge is 2.21. The number of likely N-dealkylation sites (N-methyl/N-ethyl adjacent to an activating group) is 1. The molecule has 506 valence electrons. The first-order valence-electron chi connectivity index (χ1n) is 31.7. The lowest BCUT2D eigenvalue weighted by Gasteiger charge is -2.26. The van der Waals surface area contributed by atoms with Crippen LogP contribution in [0, 0.1) is 0 Å². The van der Waals surface area contributed by atoms with Gasteiger partial charge in [0.05, 0.1) is 142 Å². The Hall–Kier alpha value is -11.2. The number of hydrogen-bond donors (Lipinski definition) is 3. The van der Waals surface area contributed by atoms with E-state index in [2.05, 4.69) is 73.8 Å². The van der Waals surface area contributed by atoms with E-state index >= 15 is 0 Å². The average molecular weight is 1340 g/mol. The highest BCUT2D eigenvalue weighted by Crippen LogP contribution is 2.38. The summed E-state index contributed by atoms with van der Waals surface area (Å²) in [6.45, 7) is 5.18. The molecule has 26 heteroatoms. The van der Waals surface area contributed by atoms with Gasteiger partial charge >= 0.3 is 0 Å². The van der Waals surface area contributed by atoms with Gasteiger partial charge in [-0.05, 0) is 94.3 Å². The van der Waals surface area contributed by atoms with Crippen molar-refractivity contribution in [1.82, 2.24) is 65.0 Å². The second kappa shape index (κ2) is 32.5. The maximum absolute atomic E-state index is 9.30. The molecule has 1 saturated heterocycles. The molecule has 1 unspecified atom stereocenters. The molecule has 0 radical (unpaired) electrons. The molecule has 0 aliphatic carbocycles. The molecule has 0 amide bonds. The molecule has 3 N–H and O–H groups in total. The van der Waals surface area contributed by atoms with Crippen molar-refractivity contribution in [2.45, 2.75) is 38.8 Å². The Bertz CT molecular complexity index is 4590. The van der Waals surface area contributed by atoms with Gasteiger partial charge in [-0.25, -0.2) is 19.6 Å². The van der Waals surface area contributed by atoms with Crippen molar-refractivity contribution < 1.29 is 38.4 Å². The number of H-pyrrole nitrogens is 1. The van der Waals surface area contributed by atoms with E-state index in [9.17, 15) is 5.21 Å². The van der Waals surface area contributed by atoms with Crippen LogP contribution >= 0.6 is 11.6 Å². The fourth-order valence-corrected chi connectivity index (χ4v) is 11.2. The molecular formula is C72H78ClN17O8. The normalized spacial score (nSPS) is 12.9. The Morgan fingerprint density at radius 3 is 1.44 bits per heavy atom. The van der Waals surface area contributed by atoms with E-state index in [4.69, 9.17) is 59.7 Å². The van der Waals surface area contributed by atoms with Gasteiger partial charge in [0.1, 0.15) is 40.7 Å². The highest BCUT2D eigenvalue weighted by atomic mass is 35.5. The number of ether oxygens (including phenoxy) is 7. The number of alkyl halides is 1. The first kappa shape index (κ1) is 68.2. The van der Waals surface area contributed by atoms with Crippen molar-refractivity contribution in [3.05, 3.63) is 165 Å². The summed E-state index contributed by atoms with van der Waals surface area (Å²) in [6, 6.07) is 35.3. The number of oxime groups is 1. The summed E-state index contributed by atoms with van der Waals surface area (Å²) in [4.78, 5) is 34.7. The van der Waals surface area contributed by atoms with Gasteiger partial charge in [0.25, 0.3) is 0 Å². The second-order valence-electron chi connectivity index (χ2n) is 22.8. The van der Waals surface area contributed by atoms with E-state index in [0.29, 0.717) is 29.6 Å². The maximum Gasteiger partial charge on any atom is 0.150 e. The minimum atomic E-state index is -0.0112.